The number of aliphatic hydroxyl groups excluding tert-OH is 4. The van der Waals surface area contributed by atoms with E-state index in [0.29, 0.717) is 35.3 Å². The first-order valence-corrected chi connectivity index (χ1v) is 18.4. The molecule has 4 N–H and O–H groups in total. The summed E-state index contributed by atoms with van der Waals surface area (Å²) < 4.78 is 189. The average Bonchev–Trinajstić information content (AvgIpc) is 3.14. The molecule has 0 aliphatic rings. The van der Waals surface area contributed by atoms with Gasteiger partial charge in [0.2, 0.25) is 0 Å². The zero-order chi connectivity index (χ0) is 43.3. The Kier molecular flexibility index (Phi) is 18.7. The number of alkyl halides is 13. The minimum absolute atomic E-state index is 0.000133. The van der Waals surface area contributed by atoms with Crippen molar-refractivity contribution in [2.24, 2.45) is 5.92 Å². The minimum atomic E-state index is -7.95. The Balaban J connectivity index is 2.43. The van der Waals surface area contributed by atoms with Gasteiger partial charge >= 0.3 is 35.8 Å². The summed E-state index contributed by atoms with van der Waals surface area (Å²) in [7, 11) is 0. The van der Waals surface area contributed by atoms with E-state index in [4.69, 9.17) is 19.7 Å². The molecule has 3 atom stereocenters. The third-order valence-electron chi connectivity index (χ3n) is 9.37. The number of ether oxygens (including phenoxy) is 2. The molecule has 0 heterocycles. The van der Waals surface area contributed by atoms with Crippen molar-refractivity contribution >= 4 is 0 Å². The van der Waals surface area contributed by atoms with Crippen LogP contribution in [0.3, 0.4) is 0 Å². The van der Waals surface area contributed by atoms with Gasteiger partial charge in [-0.1, -0.05) is 76.5 Å². The van der Waals surface area contributed by atoms with Crippen molar-refractivity contribution in [2.75, 3.05) is 26.4 Å². The van der Waals surface area contributed by atoms with Gasteiger partial charge in [0.05, 0.1) is 13.2 Å². The van der Waals surface area contributed by atoms with Crippen LogP contribution in [0.4, 0.5) is 57.1 Å². The van der Waals surface area contributed by atoms with Gasteiger partial charge in [-0.25, -0.2) is 0 Å². The predicted octanol–water partition coefficient (Wildman–Crippen LogP) is 10.0. The second-order valence-corrected chi connectivity index (χ2v) is 14.0. The molecule has 2 aromatic carbocycles. The van der Waals surface area contributed by atoms with Crippen LogP contribution in [0.15, 0.2) is 42.5 Å². The predicted molar refractivity (Wildman–Crippen MR) is 183 cm³/mol. The molecule has 0 saturated heterocycles. The highest BCUT2D eigenvalue weighted by atomic mass is 19.4. The SMILES string of the molecule is CCCCCCCCCC(CCCC(F)(F)C(F)(F)C(F)(F)C(F)(F)C(F)(F)C(F)(F)F)Cc1cc(OCC(O)CO)ccc1-c1ccc(OCC(O)CO)cc1. The van der Waals surface area contributed by atoms with Gasteiger partial charge in [-0.3, -0.25) is 0 Å². The summed E-state index contributed by atoms with van der Waals surface area (Å²) in [5.41, 5.74) is 1.56. The quantitative estimate of drug-likeness (QED) is 0.0528. The molecular formula is C38H49F13O6. The standard InChI is InChI=1S/C38H49F13O6/c1-2-3-4-5-6-7-8-10-25(11-9-18-33(39,40)34(41,42)35(43,44)36(45,46)37(47,48)38(49,50)51)19-27-20-31(57-24-29(55)22-53)16-17-32(27)26-12-14-30(15-13-26)56-23-28(54)21-52/h12-17,20,25,28-29,52-55H,2-11,18-19,21-24H2,1H3. The molecule has 2 aromatic rings. The highest BCUT2D eigenvalue weighted by Crippen LogP contribution is 2.61. The lowest BCUT2D eigenvalue weighted by atomic mass is 9.85. The van der Waals surface area contributed by atoms with Gasteiger partial charge in [-0.15, -0.1) is 0 Å². The van der Waals surface area contributed by atoms with Crippen molar-refractivity contribution in [3.8, 4) is 22.6 Å². The second kappa shape index (κ2) is 21.3. The van der Waals surface area contributed by atoms with Crippen molar-refractivity contribution in [1.29, 1.82) is 0 Å². The Labute approximate surface area is 322 Å². The summed E-state index contributed by atoms with van der Waals surface area (Å²) in [6.07, 6.45) is -7.63. The third kappa shape index (κ3) is 13.0. The summed E-state index contributed by atoms with van der Waals surface area (Å²) in [6, 6.07) is 10.9. The first-order valence-electron chi connectivity index (χ1n) is 18.4. The fourth-order valence-corrected chi connectivity index (χ4v) is 5.95. The largest absolute Gasteiger partial charge is 0.491 e. The van der Waals surface area contributed by atoms with Crippen LogP contribution in [-0.2, 0) is 6.42 Å². The zero-order valence-electron chi connectivity index (χ0n) is 31.1. The van der Waals surface area contributed by atoms with Crippen LogP contribution >= 0.6 is 0 Å². The maximum absolute atomic E-state index is 14.7. The van der Waals surface area contributed by atoms with E-state index in [9.17, 15) is 67.3 Å². The molecule has 6 nitrogen and oxygen atoms in total. The Morgan fingerprint density at radius 2 is 1.04 bits per heavy atom. The summed E-state index contributed by atoms with van der Waals surface area (Å²) in [4.78, 5) is 0. The molecule has 0 aromatic heterocycles. The van der Waals surface area contributed by atoms with Gasteiger partial charge < -0.3 is 29.9 Å². The van der Waals surface area contributed by atoms with Crippen LogP contribution in [-0.4, -0.2) is 94.9 Å². The summed E-state index contributed by atoms with van der Waals surface area (Å²) >= 11 is 0. The van der Waals surface area contributed by atoms with Gasteiger partial charge in [-0.2, -0.15) is 57.1 Å². The maximum Gasteiger partial charge on any atom is 0.460 e. The number of aliphatic hydroxyl groups is 4. The summed E-state index contributed by atoms with van der Waals surface area (Å²) in [6.45, 7) is 0.272. The number of rotatable bonds is 27. The summed E-state index contributed by atoms with van der Waals surface area (Å²) in [5, 5.41) is 37.5. The molecular weight excluding hydrogens is 799 g/mol. The van der Waals surface area contributed by atoms with Crippen LogP contribution < -0.4 is 9.47 Å². The zero-order valence-corrected chi connectivity index (χ0v) is 31.1. The number of unbranched alkanes of at least 4 members (excludes halogenated alkanes) is 6. The van der Waals surface area contributed by atoms with Gasteiger partial charge in [0, 0.05) is 6.42 Å². The number of hydrogen-bond acceptors (Lipinski definition) is 6. The van der Waals surface area contributed by atoms with E-state index in [2.05, 4.69) is 0 Å². The van der Waals surface area contributed by atoms with E-state index in [0.717, 1.165) is 32.1 Å². The van der Waals surface area contributed by atoms with E-state index in [1.165, 1.54) is 24.3 Å². The topological polar surface area (TPSA) is 99.4 Å². The van der Waals surface area contributed by atoms with Gasteiger partial charge in [0.25, 0.3) is 0 Å². The highest BCUT2D eigenvalue weighted by Gasteiger charge is 2.90. The monoisotopic (exact) mass is 848 g/mol. The van der Waals surface area contributed by atoms with Crippen molar-refractivity contribution in [3.63, 3.8) is 0 Å². The Morgan fingerprint density at radius 3 is 1.56 bits per heavy atom. The second-order valence-electron chi connectivity index (χ2n) is 14.0. The number of hydrogen-bond donors (Lipinski definition) is 4. The van der Waals surface area contributed by atoms with Crippen LogP contribution in [0.1, 0.15) is 83.1 Å². The average molecular weight is 849 g/mol. The van der Waals surface area contributed by atoms with Gasteiger partial charge in [0.1, 0.15) is 36.9 Å². The molecule has 328 valence electrons. The van der Waals surface area contributed by atoms with E-state index in [-0.39, 0.29) is 31.8 Å². The number of halogens is 13. The molecule has 19 heteroatoms. The normalized spacial score (nSPS) is 15.1. The van der Waals surface area contributed by atoms with Crippen LogP contribution in [0.25, 0.3) is 11.1 Å². The summed E-state index contributed by atoms with van der Waals surface area (Å²) in [5.74, 6) is -37.3. The fourth-order valence-electron chi connectivity index (χ4n) is 5.95. The van der Waals surface area contributed by atoms with E-state index in [1.54, 1.807) is 18.2 Å². The molecule has 0 saturated carbocycles. The first kappa shape index (κ1) is 50.1. The first-order chi connectivity index (χ1) is 26.4. The smallest absolute Gasteiger partial charge is 0.460 e. The molecule has 0 radical (unpaired) electrons. The molecule has 0 amide bonds. The minimum Gasteiger partial charge on any atom is -0.491 e. The highest BCUT2D eigenvalue weighted by molar-refractivity contribution is 5.69. The lowest BCUT2D eigenvalue weighted by Gasteiger charge is -2.39. The molecule has 57 heavy (non-hydrogen) atoms. The van der Waals surface area contributed by atoms with Gasteiger partial charge in [-0.05, 0) is 66.1 Å². The fraction of sp³-hybridized carbons (Fsp3) is 0.684. The van der Waals surface area contributed by atoms with Crippen molar-refractivity contribution in [2.45, 2.75) is 132 Å². The molecule has 0 spiro atoms. The van der Waals surface area contributed by atoms with Crippen LogP contribution in [0.5, 0.6) is 11.5 Å². The Bertz CT molecular complexity index is 1470. The number of benzene rings is 2. The van der Waals surface area contributed by atoms with Crippen molar-refractivity contribution in [3.05, 3.63) is 48.0 Å². The lowest BCUT2D eigenvalue weighted by Crippen LogP contribution is -2.70. The van der Waals surface area contributed by atoms with Crippen LogP contribution in [0.2, 0.25) is 0 Å². The molecule has 0 fully saturated rings. The lowest BCUT2D eigenvalue weighted by molar-refractivity contribution is -0.440. The Morgan fingerprint density at radius 1 is 0.561 bits per heavy atom. The molecule has 0 bridgehead atoms. The van der Waals surface area contributed by atoms with E-state index >= 15 is 0 Å². The maximum atomic E-state index is 14.7. The van der Waals surface area contributed by atoms with E-state index < -0.39 is 86.4 Å². The molecule has 2 rings (SSSR count). The molecule has 0 aliphatic heterocycles. The van der Waals surface area contributed by atoms with Crippen LogP contribution in [0, 0.1) is 5.92 Å². The van der Waals surface area contributed by atoms with Gasteiger partial charge in [0.15, 0.2) is 0 Å². The third-order valence-corrected chi connectivity index (χ3v) is 9.37. The Hall–Kier alpha value is -3.03. The molecule has 0 aliphatic carbocycles. The van der Waals surface area contributed by atoms with Crippen molar-refractivity contribution < 1.29 is 87.0 Å². The van der Waals surface area contributed by atoms with Crippen molar-refractivity contribution in [1.82, 2.24) is 0 Å². The molecule has 3 unspecified atom stereocenters. The van der Waals surface area contributed by atoms with E-state index in [1.807, 2.05) is 6.92 Å².